The number of nitrogens with zero attached hydrogens (tertiary/aromatic N) is 2. The van der Waals surface area contributed by atoms with Gasteiger partial charge < -0.3 is 15.6 Å². The molecular weight excluding hydrogens is 215 g/mol. The molecule has 0 atom stereocenters. The van der Waals surface area contributed by atoms with E-state index in [0.29, 0.717) is 5.69 Å². The number of carbonyl (C=O) groups is 1. The average molecular weight is 222 g/mol. The van der Waals surface area contributed by atoms with E-state index in [1.54, 1.807) is 0 Å². The SMILES string of the molecule is Nc1nccc(C(=O)Nc2cnoc2)c1F. The molecule has 0 aliphatic rings. The molecular formula is C9H7FN4O2. The summed E-state index contributed by atoms with van der Waals surface area (Å²) in [6, 6.07) is 1.23. The molecule has 0 radical (unpaired) electrons. The number of carbonyl (C=O) groups excluding carboxylic acids is 1. The lowest BCUT2D eigenvalue weighted by atomic mass is 10.2. The highest BCUT2D eigenvalue weighted by Gasteiger charge is 2.15. The third-order valence-corrected chi connectivity index (χ3v) is 1.85. The van der Waals surface area contributed by atoms with E-state index < -0.39 is 11.7 Å². The van der Waals surface area contributed by atoms with Gasteiger partial charge in [0.2, 0.25) is 0 Å². The zero-order valence-corrected chi connectivity index (χ0v) is 7.98. The minimum atomic E-state index is -0.851. The summed E-state index contributed by atoms with van der Waals surface area (Å²) in [7, 11) is 0. The Morgan fingerprint density at radius 1 is 1.56 bits per heavy atom. The second-order valence-corrected chi connectivity index (χ2v) is 2.92. The largest absolute Gasteiger partial charge is 0.381 e. The highest BCUT2D eigenvalue weighted by molar-refractivity contribution is 6.04. The number of nitrogens with two attached hydrogens (primary N) is 1. The first-order valence-electron chi connectivity index (χ1n) is 4.29. The Bertz CT molecular complexity index is 512. The Morgan fingerprint density at radius 2 is 2.38 bits per heavy atom. The second kappa shape index (κ2) is 3.97. The van der Waals surface area contributed by atoms with E-state index in [4.69, 9.17) is 5.73 Å². The topological polar surface area (TPSA) is 94.0 Å². The minimum Gasteiger partial charge on any atom is -0.381 e. The van der Waals surface area contributed by atoms with Crippen LogP contribution in [0.4, 0.5) is 15.9 Å². The van der Waals surface area contributed by atoms with Crippen molar-refractivity contribution in [2.24, 2.45) is 0 Å². The molecule has 1 amide bonds. The van der Waals surface area contributed by atoms with Crippen LogP contribution in [0.1, 0.15) is 10.4 Å². The first-order chi connectivity index (χ1) is 7.68. The third-order valence-electron chi connectivity index (χ3n) is 1.85. The molecule has 0 aromatic carbocycles. The van der Waals surface area contributed by atoms with E-state index in [1.165, 1.54) is 24.7 Å². The Balaban J connectivity index is 2.24. The Labute approximate surface area is 89.3 Å². The number of rotatable bonds is 2. The molecule has 2 rings (SSSR count). The van der Waals surface area contributed by atoms with Crippen LogP contribution in [0.15, 0.2) is 29.2 Å². The predicted octanol–water partition coefficient (Wildman–Crippen LogP) is 1.04. The van der Waals surface area contributed by atoms with Crippen molar-refractivity contribution in [3.63, 3.8) is 0 Å². The molecule has 0 aliphatic heterocycles. The van der Waals surface area contributed by atoms with Gasteiger partial charge in [-0.15, -0.1) is 0 Å². The highest BCUT2D eigenvalue weighted by atomic mass is 19.1. The van der Waals surface area contributed by atoms with Crippen LogP contribution in [-0.2, 0) is 0 Å². The van der Waals surface area contributed by atoms with E-state index in [-0.39, 0.29) is 11.4 Å². The summed E-state index contributed by atoms with van der Waals surface area (Å²) in [5.41, 5.74) is 5.38. The number of hydrogen-bond acceptors (Lipinski definition) is 5. The van der Waals surface area contributed by atoms with Gasteiger partial charge in [0.05, 0.1) is 11.8 Å². The van der Waals surface area contributed by atoms with E-state index in [0.717, 1.165) is 0 Å². The van der Waals surface area contributed by atoms with Gasteiger partial charge in [-0.1, -0.05) is 5.16 Å². The van der Waals surface area contributed by atoms with Gasteiger partial charge in [0.25, 0.3) is 5.91 Å². The molecule has 82 valence electrons. The van der Waals surface area contributed by atoms with Gasteiger partial charge in [-0.3, -0.25) is 4.79 Å². The Hall–Kier alpha value is -2.44. The van der Waals surface area contributed by atoms with Crippen molar-refractivity contribution in [3.05, 3.63) is 36.1 Å². The van der Waals surface area contributed by atoms with Crippen LogP contribution in [0.2, 0.25) is 0 Å². The lowest BCUT2D eigenvalue weighted by Crippen LogP contribution is -2.14. The molecule has 2 aromatic heterocycles. The normalized spacial score (nSPS) is 10.1. The van der Waals surface area contributed by atoms with Crippen LogP contribution >= 0.6 is 0 Å². The molecule has 0 saturated heterocycles. The maximum absolute atomic E-state index is 13.4. The van der Waals surface area contributed by atoms with Crippen LogP contribution in [0.3, 0.4) is 0 Å². The quantitative estimate of drug-likeness (QED) is 0.791. The average Bonchev–Trinajstić information content (AvgIpc) is 2.74. The first-order valence-corrected chi connectivity index (χ1v) is 4.29. The van der Waals surface area contributed by atoms with Crippen LogP contribution < -0.4 is 11.1 Å². The maximum atomic E-state index is 13.4. The standard InChI is InChI=1S/C9H7FN4O2/c10-7-6(1-2-12-8(7)11)9(15)14-5-3-13-16-4-5/h1-4H,(H2,11,12)(H,14,15). The van der Waals surface area contributed by atoms with E-state index in [2.05, 4.69) is 20.0 Å². The number of aromatic nitrogens is 2. The minimum absolute atomic E-state index is 0.186. The van der Waals surface area contributed by atoms with Crippen LogP contribution in [0, 0.1) is 5.82 Å². The smallest absolute Gasteiger partial charge is 0.258 e. The van der Waals surface area contributed by atoms with E-state index in [1.807, 2.05) is 0 Å². The molecule has 16 heavy (non-hydrogen) atoms. The van der Waals surface area contributed by atoms with E-state index >= 15 is 0 Å². The number of pyridine rings is 1. The zero-order chi connectivity index (χ0) is 11.5. The summed E-state index contributed by atoms with van der Waals surface area (Å²) in [6.07, 6.45) is 3.77. The van der Waals surface area contributed by atoms with Crippen molar-refractivity contribution in [1.29, 1.82) is 0 Å². The van der Waals surface area contributed by atoms with Crippen molar-refractivity contribution in [2.75, 3.05) is 11.1 Å². The summed E-state index contributed by atoms with van der Waals surface area (Å²) < 4.78 is 17.9. The van der Waals surface area contributed by atoms with Crippen molar-refractivity contribution < 1.29 is 13.7 Å². The molecule has 2 heterocycles. The number of halogens is 1. The number of anilines is 2. The summed E-state index contributed by atoms with van der Waals surface area (Å²) in [5, 5.41) is 5.78. The Kier molecular flexibility index (Phi) is 2.50. The molecule has 0 fully saturated rings. The summed E-state index contributed by atoms with van der Waals surface area (Å²) in [6.45, 7) is 0. The van der Waals surface area contributed by atoms with Crippen molar-refractivity contribution in [1.82, 2.24) is 10.1 Å². The molecule has 0 spiro atoms. The van der Waals surface area contributed by atoms with Crippen LogP contribution in [0.5, 0.6) is 0 Å². The highest BCUT2D eigenvalue weighted by Crippen LogP contribution is 2.14. The van der Waals surface area contributed by atoms with Crippen molar-refractivity contribution >= 4 is 17.4 Å². The monoisotopic (exact) mass is 222 g/mol. The summed E-state index contributed by atoms with van der Waals surface area (Å²) in [4.78, 5) is 15.1. The number of nitrogens with one attached hydrogen (secondary N) is 1. The number of nitrogen functional groups attached to an aromatic ring is 1. The molecule has 6 nitrogen and oxygen atoms in total. The lowest BCUT2D eigenvalue weighted by molar-refractivity contribution is 0.102. The first kappa shape index (κ1) is 10.1. The van der Waals surface area contributed by atoms with E-state index in [9.17, 15) is 9.18 Å². The van der Waals surface area contributed by atoms with Gasteiger partial charge in [0.15, 0.2) is 11.6 Å². The third kappa shape index (κ3) is 1.83. The van der Waals surface area contributed by atoms with Crippen molar-refractivity contribution in [3.8, 4) is 0 Å². The van der Waals surface area contributed by atoms with Gasteiger partial charge in [0, 0.05) is 6.20 Å². The van der Waals surface area contributed by atoms with Gasteiger partial charge in [0.1, 0.15) is 12.0 Å². The fraction of sp³-hybridized carbons (Fsp3) is 0. The maximum Gasteiger partial charge on any atom is 0.258 e. The fourth-order valence-electron chi connectivity index (χ4n) is 1.10. The van der Waals surface area contributed by atoms with Gasteiger partial charge >= 0.3 is 0 Å². The predicted molar refractivity (Wildman–Crippen MR) is 53.1 cm³/mol. The molecule has 3 N–H and O–H groups in total. The number of amides is 1. The zero-order valence-electron chi connectivity index (χ0n) is 7.98. The lowest BCUT2D eigenvalue weighted by Gasteiger charge is -2.03. The Morgan fingerprint density at radius 3 is 3.06 bits per heavy atom. The molecule has 7 heteroatoms. The number of hydrogen-bond donors (Lipinski definition) is 2. The second-order valence-electron chi connectivity index (χ2n) is 2.92. The van der Waals surface area contributed by atoms with Gasteiger partial charge in [-0.05, 0) is 6.07 Å². The van der Waals surface area contributed by atoms with Gasteiger partial charge in [-0.25, -0.2) is 9.37 Å². The molecule has 2 aromatic rings. The fourth-order valence-corrected chi connectivity index (χ4v) is 1.10. The van der Waals surface area contributed by atoms with Crippen molar-refractivity contribution in [2.45, 2.75) is 0 Å². The molecule has 0 bridgehead atoms. The summed E-state index contributed by atoms with van der Waals surface area (Å²) in [5.74, 6) is -1.82. The van der Waals surface area contributed by atoms with Gasteiger partial charge in [-0.2, -0.15) is 0 Å². The van der Waals surface area contributed by atoms with Crippen LogP contribution in [-0.4, -0.2) is 16.0 Å². The molecule has 0 unspecified atom stereocenters. The van der Waals surface area contributed by atoms with Crippen LogP contribution in [0.25, 0.3) is 0 Å². The molecule has 0 aliphatic carbocycles. The molecule has 0 saturated carbocycles. The summed E-state index contributed by atoms with van der Waals surface area (Å²) >= 11 is 0.